The zero-order chi connectivity index (χ0) is 13.0. The monoisotopic (exact) mass is 264 g/mol. The van der Waals surface area contributed by atoms with Crippen LogP contribution in [0.2, 0.25) is 0 Å². The molecule has 0 aliphatic carbocycles. The fourth-order valence-corrected chi connectivity index (χ4v) is 3.57. The van der Waals surface area contributed by atoms with Crippen LogP contribution >= 0.6 is 11.8 Å². The number of hydrogen-bond donors (Lipinski definition) is 1. The van der Waals surface area contributed by atoms with Gasteiger partial charge in [0.1, 0.15) is 0 Å². The van der Waals surface area contributed by atoms with Crippen molar-refractivity contribution in [3.63, 3.8) is 0 Å². The van der Waals surface area contributed by atoms with Crippen molar-refractivity contribution in [3.05, 3.63) is 34.9 Å². The first kappa shape index (κ1) is 13.9. The van der Waals surface area contributed by atoms with E-state index in [-0.39, 0.29) is 0 Å². The molecule has 18 heavy (non-hydrogen) atoms. The highest BCUT2D eigenvalue weighted by molar-refractivity contribution is 7.99. The van der Waals surface area contributed by atoms with Gasteiger partial charge in [-0.25, -0.2) is 0 Å². The molecule has 0 aromatic heterocycles. The molecule has 0 saturated carbocycles. The second kappa shape index (κ2) is 6.60. The fourth-order valence-electron chi connectivity index (χ4n) is 2.64. The van der Waals surface area contributed by atoms with E-state index in [9.17, 15) is 0 Å². The Morgan fingerprint density at radius 1 is 1.28 bits per heavy atom. The summed E-state index contributed by atoms with van der Waals surface area (Å²) in [5.74, 6) is 2.54. The highest BCUT2D eigenvalue weighted by Crippen LogP contribution is 2.26. The van der Waals surface area contributed by atoms with E-state index >= 15 is 0 Å². The molecular formula is C15H24N2S. The first-order chi connectivity index (χ1) is 8.72. The van der Waals surface area contributed by atoms with Crippen LogP contribution in [0.5, 0.6) is 0 Å². The van der Waals surface area contributed by atoms with Gasteiger partial charge in [0, 0.05) is 37.2 Å². The van der Waals surface area contributed by atoms with E-state index < -0.39 is 0 Å². The standard InChI is InChI=1S/C15H24N2S/c1-12-4-5-13(2)14(10-12)15(11-16-3)17-6-8-18-9-7-17/h4-5,10,15-16H,6-9,11H2,1-3H3. The van der Waals surface area contributed by atoms with E-state index in [1.165, 1.54) is 41.3 Å². The predicted octanol–water partition coefficient (Wildman–Crippen LogP) is 2.61. The molecule has 1 aromatic carbocycles. The molecule has 2 nitrogen and oxygen atoms in total. The van der Waals surface area contributed by atoms with Crippen molar-refractivity contribution < 1.29 is 0 Å². The molecule has 3 heteroatoms. The lowest BCUT2D eigenvalue weighted by molar-refractivity contribution is 0.214. The molecule has 1 unspecified atom stereocenters. The molecule has 0 radical (unpaired) electrons. The maximum Gasteiger partial charge on any atom is 0.0475 e. The second-order valence-electron chi connectivity index (χ2n) is 5.08. The first-order valence-corrected chi connectivity index (χ1v) is 7.91. The lowest BCUT2D eigenvalue weighted by atomic mass is 9.97. The molecule has 1 aliphatic rings. The van der Waals surface area contributed by atoms with Crippen LogP contribution in [-0.4, -0.2) is 43.1 Å². The zero-order valence-corrected chi connectivity index (χ0v) is 12.5. The van der Waals surface area contributed by atoms with Crippen LogP contribution in [0, 0.1) is 13.8 Å². The van der Waals surface area contributed by atoms with Crippen molar-refractivity contribution >= 4 is 11.8 Å². The SMILES string of the molecule is CNCC(c1cc(C)ccc1C)N1CCSCC1. The Kier molecular flexibility index (Phi) is 5.10. The number of hydrogen-bond acceptors (Lipinski definition) is 3. The maximum atomic E-state index is 3.36. The van der Waals surface area contributed by atoms with E-state index in [1.807, 2.05) is 0 Å². The largest absolute Gasteiger partial charge is 0.318 e. The summed E-state index contributed by atoms with van der Waals surface area (Å²) in [6.07, 6.45) is 0. The van der Waals surface area contributed by atoms with Crippen molar-refractivity contribution in [3.8, 4) is 0 Å². The van der Waals surface area contributed by atoms with Gasteiger partial charge in [0.15, 0.2) is 0 Å². The highest BCUT2D eigenvalue weighted by Gasteiger charge is 2.23. The van der Waals surface area contributed by atoms with Crippen LogP contribution in [-0.2, 0) is 0 Å². The quantitative estimate of drug-likeness (QED) is 0.900. The summed E-state index contributed by atoms with van der Waals surface area (Å²) >= 11 is 2.07. The van der Waals surface area contributed by atoms with Crippen LogP contribution in [0.1, 0.15) is 22.7 Å². The minimum absolute atomic E-state index is 0.524. The summed E-state index contributed by atoms with van der Waals surface area (Å²) in [5, 5.41) is 3.36. The lowest BCUT2D eigenvalue weighted by Crippen LogP contribution is -2.40. The summed E-state index contributed by atoms with van der Waals surface area (Å²) in [4.78, 5) is 2.63. The number of nitrogens with zero attached hydrogens (tertiary/aromatic N) is 1. The highest BCUT2D eigenvalue weighted by atomic mass is 32.2. The molecule has 100 valence electrons. The third-order valence-electron chi connectivity index (χ3n) is 3.68. The Hall–Kier alpha value is -0.510. The van der Waals surface area contributed by atoms with Gasteiger partial charge in [0.25, 0.3) is 0 Å². The Bertz CT molecular complexity index is 386. The van der Waals surface area contributed by atoms with E-state index in [2.05, 4.69) is 61.1 Å². The van der Waals surface area contributed by atoms with Gasteiger partial charge in [-0.3, -0.25) is 4.90 Å². The topological polar surface area (TPSA) is 15.3 Å². The third kappa shape index (κ3) is 3.28. The Morgan fingerprint density at radius 3 is 2.67 bits per heavy atom. The van der Waals surface area contributed by atoms with Crippen LogP contribution < -0.4 is 5.32 Å². The van der Waals surface area contributed by atoms with Gasteiger partial charge < -0.3 is 5.32 Å². The van der Waals surface area contributed by atoms with Gasteiger partial charge in [-0.1, -0.05) is 23.8 Å². The van der Waals surface area contributed by atoms with Crippen LogP contribution in [0.25, 0.3) is 0 Å². The van der Waals surface area contributed by atoms with Crippen molar-refractivity contribution in [1.29, 1.82) is 0 Å². The van der Waals surface area contributed by atoms with Gasteiger partial charge in [-0.05, 0) is 32.0 Å². The number of nitrogens with one attached hydrogen (secondary N) is 1. The van der Waals surface area contributed by atoms with Crippen molar-refractivity contribution in [1.82, 2.24) is 10.2 Å². The first-order valence-electron chi connectivity index (χ1n) is 6.76. The third-order valence-corrected chi connectivity index (χ3v) is 4.62. The van der Waals surface area contributed by atoms with Gasteiger partial charge in [0.2, 0.25) is 0 Å². The van der Waals surface area contributed by atoms with Crippen molar-refractivity contribution in [2.24, 2.45) is 0 Å². The number of aryl methyl sites for hydroxylation is 2. The minimum Gasteiger partial charge on any atom is -0.318 e. The van der Waals surface area contributed by atoms with E-state index in [1.54, 1.807) is 0 Å². The van der Waals surface area contributed by atoms with Crippen molar-refractivity contribution in [2.45, 2.75) is 19.9 Å². The van der Waals surface area contributed by atoms with Crippen LogP contribution in [0.15, 0.2) is 18.2 Å². The molecule has 0 bridgehead atoms. The number of likely N-dealkylation sites (N-methyl/N-ethyl adjacent to an activating group) is 1. The van der Waals surface area contributed by atoms with E-state index in [0.29, 0.717) is 6.04 Å². The lowest BCUT2D eigenvalue weighted by Gasteiger charge is -2.35. The Balaban J connectivity index is 2.24. The summed E-state index contributed by atoms with van der Waals surface area (Å²) in [7, 11) is 2.05. The van der Waals surface area contributed by atoms with Gasteiger partial charge >= 0.3 is 0 Å². The summed E-state index contributed by atoms with van der Waals surface area (Å²) in [6, 6.07) is 7.35. The van der Waals surface area contributed by atoms with Crippen LogP contribution in [0.4, 0.5) is 0 Å². The van der Waals surface area contributed by atoms with Crippen LogP contribution in [0.3, 0.4) is 0 Å². The van der Waals surface area contributed by atoms with E-state index in [0.717, 1.165) is 6.54 Å². The van der Waals surface area contributed by atoms with Gasteiger partial charge in [-0.15, -0.1) is 0 Å². The number of thioether (sulfide) groups is 1. The summed E-state index contributed by atoms with van der Waals surface area (Å²) in [6.45, 7) is 7.88. The average molecular weight is 264 g/mol. The molecule has 1 aliphatic heterocycles. The summed E-state index contributed by atoms with van der Waals surface area (Å²) in [5.41, 5.74) is 4.28. The number of benzene rings is 1. The molecule has 1 N–H and O–H groups in total. The van der Waals surface area contributed by atoms with Crippen molar-refractivity contribution in [2.75, 3.05) is 38.2 Å². The zero-order valence-electron chi connectivity index (χ0n) is 11.7. The molecular weight excluding hydrogens is 240 g/mol. The molecule has 2 rings (SSSR count). The maximum absolute atomic E-state index is 3.36. The fraction of sp³-hybridized carbons (Fsp3) is 0.600. The second-order valence-corrected chi connectivity index (χ2v) is 6.31. The normalized spacial score (nSPS) is 18.8. The average Bonchev–Trinajstić information content (AvgIpc) is 2.40. The Labute approximate surface area is 115 Å². The predicted molar refractivity (Wildman–Crippen MR) is 81.5 cm³/mol. The van der Waals surface area contributed by atoms with Gasteiger partial charge in [0.05, 0.1) is 0 Å². The van der Waals surface area contributed by atoms with E-state index in [4.69, 9.17) is 0 Å². The Morgan fingerprint density at radius 2 is 2.00 bits per heavy atom. The van der Waals surface area contributed by atoms with Gasteiger partial charge in [-0.2, -0.15) is 11.8 Å². The molecule has 1 saturated heterocycles. The number of rotatable bonds is 4. The smallest absolute Gasteiger partial charge is 0.0475 e. The molecule has 1 aromatic rings. The molecule has 1 atom stereocenters. The summed E-state index contributed by atoms with van der Waals surface area (Å²) < 4.78 is 0. The molecule has 0 spiro atoms. The molecule has 1 fully saturated rings. The molecule has 1 heterocycles. The minimum atomic E-state index is 0.524. The molecule has 0 amide bonds.